The molecule has 1 fully saturated rings. The van der Waals surface area contributed by atoms with Crippen LogP contribution in [0.5, 0.6) is 5.75 Å². The smallest absolute Gasteiger partial charge is 0.257 e. The number of benzene rings is 1. The third-order valence-electron chi connectivity index (χ3n) is 5.03. The molecule has 154 valence electrons. The van der Waals surface area contributed by atoms with Crippen LogP contribution in [0.4, 0.5) is 17.2 Å². The fourth-order valence-electron chi connectivity index (χ4n) is 3.60. The number of piperidine rings is 1. The number of nitrogens with one attached hydrogen (secondary N) is 1. The summed E-state index contributed by atoms with van der Waals surface area (Å²) in [6.07, 6.45) is 6.63. The minimum atomic E-state index is 0.0167. The topological polar surface area (TPSA) is 57.7 Å². The van der Waals surface area contributed by atoms with Crippen LogP contribution in [0, 0.1) is 0 Å². The van der Waals surface area contributed by atoms with E-state index in [0.717, 1.165) is 42.9 Å². The Morgan fingerprint density at radius 1 is 1.31 bits per heavy atom. The lowest BCUT2D eigenvalue weighted by Crippen LogP contribution is -2.36. The van der Waals surface area contributed by atoms with Gasteiger partial charge in [-0.15, -0.1) is 0 Å². The van der Waals surface area contributed by atoms with Gasteiger partial charge < -0.3 is 19.9 Å². The van der Waals surface area contributed by atoms with Gasteiger partial charge in [-0.2, -0.15) is 0 Å². The second-order valence-electron chi connectivity index (χ2n) is 7.21. The van der Waals surface area contributed by atoms with E-state index in [0.29, 0.717) is 22.2 Å². The predicted molar refractivity (Wildman–Crippen MR) is 120 cm³/mol. The molecule has 1 aromatic carbocycles. The lowest BCUT2D eigenvalue weighted by molar-refractivity contribution is 0.0724. The van der Waals surface area contributed by atoms with Gasteiger partial charge in [0, 0.05) is 44.6 Å². The van der Waals surface area contributed by atoms with Crippen molar-refractivity contribution in [1.29, 1.82) is 0 Å². The Bertz CT molecular complexity index is 908. The Balaban J connectivity index is 1.99. The Morgan fingerprint density at radius 2 is 2.03 bits per heavy atom. The molecule has 0 atom stereocenters. The van der Waals surface area contributed by atoms with Crippen molar-refractivity contribution in [3.8, 4) is 5.75 Å². The second kappa shape index (κ2) is 9.18. The quantitative estimate of drug-likeness (QED) is 0.734. The first-order chi connectivity index (χ1) is 14.0. The third kappa shape index (κ3) is 4.48. The van der Waals surface area contributed by atoms with Crippen molar-refractivity contribution >= 4 is 40.8 Å². The van der Waals surface area contributed by atoms with Gasteiger partial charge in [0.05, 0.1) is 23.4 Å². The van der Waals surface area contributed by atoms with Crippen molar-refractivity contribution in [2.24, 2.45) is 0 Å². The number of hydrogen-bond acceptors (Lipinski definition) is 5. The highest BCUT2D eigenvalue weighted by molar-refractivity contribution is 6.32. The van der Waals surface area contributed by atoms with Crippen LogP contribution >= 0.6 is 11.6 Å². The van der Waals surface area contributed by atoms with E-state index in [-0.39, 0.29) is 5.91 Å². The first-order valence-electron chi connectivity index (χ1n) is 9.69. The van der Waals surface area contributed by atoms with Gasteiger partial charge in [0.25, 0.3) is 5.91 Å². The van der Waals surface area contributed by atoms with Crippen LogP contribution in [-0.4, -0.2) is 50.1 Å². The zero-order chi connectivity index (χ0) is 21.0. The van der Waals surface area contributed by atoms with Crippen LogP contribution in [0.25, 0.3) is 6.08 Å². The zero-order valence-electron chi connectivity index (χ0n) is 17.2. The van der Waals surface area contributed by atoms with Crippen molar-refractivity contribution in [3.05, 3.63) is 47.1 Å². The maximum absolute atomic E-state index is 13.2. The lowest BCUT2D eigenvalue weighted by Gasteiger charge is -2.29. The van der Waals surface area contributed by atoms with E-state index < -0.39 is 0 Å². The van der Waals surface area contributed by atoms with Crippen molar-refractivity contribution in [2.45, 2.75) is 19.3 Å². The molecule has 29 heavy (non-hydrogen) atoms. The maximum atomic E-state index is 13.2. The molecule has 2 heterocycles. The summed E-state index contributed by atoms with van der Waals surface area (Å²) in [5, 5.41) is 3.78. The number of ether oxygens (including phenoxy) is 1. The van der Waals surface area contributed by atoms with Crippen molar-refractivity contribution in [1.82, 2.24) is 9.88 Å². The van der Waals surface area contributed by atoms with Gasteiger partial charge in [0.2, 0.25) is 0 Å². The molecule has 1 N–H and O–H groups in total. The molecule has 0 aliphatic carbocycles. The number of aromatic nitrogens is 1. The number of anilines is 3. The third-order valence-corrected chi connectivity index (χ3v) is 5.32. The fourth-order valence-corrected chi connectivity index (χ4v) is 3.85. The Morgan fingerprint density at radius 3 is 2.62 bits per heavy atom. The average molecular weight is 415 g/mol. The highest BCUT2D eigenvalue weighted by Gasteiger charge is 2.25. The predicted octanol–water partition coefficient (Wildman–Crippen LogP) is 4.82. The number of rotatable bonds is 6. The van der Waals surface area contributed by atoms with E-state index in [1.165, 1.54) is 6.42 Å². The largest absolute Gasteiger partial charge is 0.495 e. The van der Waals surface area contributed by atoms with Crippen molar-refractivity contribution in [2.75, 3.05) is 44.5 Å². The summed E-state index contributed by atoms with van der Waals surface area (Å²) >= 11 is 6.24. The van der Waals surface area contributed by atoms with Crippen LogP contribution in [0.15, 0.2) is 31.0 Å². The summed E-state index contributed by atoms with van der Waals surface area (Å²) in [5.74, 6) is 1.23. The summed E-state index contributed by atoms with van der Waals surface area (Å²) in [5.41, 5.74) is 2.92. The Hall–Kier alpha value is -2.73. The molecule has 7 heteroatoms. The number of halogens is 1. The summed E-state index contributed by atoms with van der Waals surface area (Å²) in [6, 6.07) is 5.43. The van der Waals surface area contributed by atoms with E-state index in [1.54, 1.807) is 31.5 Å². The summed E-state index contributed by atoms with van der Waals surface area (Å²) in [4.78, 5) is 21.5. The van der Waals surface area contributed by atoms with Crippen LogP contribution in [-0.2, 0) is 0 Å². The molecular weight excluding hydrogens is 388 g/mol. The molecule has 0 bridgehead atoms. The summed E-state index contributed by atoms with van der Waals surface area (Å²) in [7, 11) is 5.42. The van der Waals surface area contributed by atoms with Crippen LogP contribution in [0.3, 0.4) is 0 Å². The number of methoxy groups -OCH3 is 1. The number of amides is 1. The molecule has 2 aromatic rings. The molecule has 1 aliphatic heterocycles. The average Bonchev–Trinajstić information content (AvgIpc) is 2.73. The number of carbonyl (C=O) groups is 1. The molecule has 0 unspecified atom stereocenters. The molecule has 1 aliphatic rings. The summed E-state index contributed by atoms with van der Waals surface area (Å²) < 4.78 is 5.21. The molecule has 0 radical (unpaired) electrons. The van der Waals surface area contributed by atoms with Crippen LogP contribution in [0.2, 0.25) is 5.02 Å². The van der Waals surface area contributed by atoms with Crippen LogP contribution in [0.1, 0.15) is 35.2 Å². The van der Waals surface area contributed by atoms with Gasteiger partial charge >= 0.3 is 0 Å². The van der Waals surface area contributed by atoms with E-state index in [4.69, 9.17) is 16.3 Å². The van der Waals surface area contributed by atoms with Gasteiger partial charge in [-0.1, -0.05) is 24.3 Å². The SMILES string of the molecule is C=Cc1c(Nc2ccc(OC)c(Cl)c2)ncc(C(=O)N2CCCCC2)c1N(C)C. The van der Waals surface area contributed by atoms with E-state index in [2.05, 4.69) is 16.9 Å². The summed E-state index contributed by atoms with van der Waals surface area (Å²) in [6.45, 7) is 5.54. The minimum absolute atomic E-state index is 0.0167. The van der Waals surface area contributed by atoms with Crippen LogP contribution < -0.4 is 15.0 Å². The number of likely N-dealkylation sites (tertiary alicyclic amines) is 1. The standard InChI is InChI=1S/C22H27ClN4O2/c1-5-16-20(26(2)3)17(22(28)27-11-7-6-8-12-27)14-24-21(16)25-15-9-10-19(29-4)18(23)13-15/h5,9-10,13-14H,1,6-8,11-12H2,2-4H3,(H,24,25). The van der Waals surface area contributed by atoms with E-state index in [9.17, 15) is 4.79 Å². The van der Waals surface area contributed by atoms with E-state index in [1.807, 2.05) is 30.0 Å². The monoisotopic (exact) mass is 414 g/mol. The van der Waals surface area contributed by atoms with E-state index >= 15 is 0 Å². The number of carbonyl (C=O) groups excluding carboxylic acids is 1. The van der Waals surface area contributed by atoms with Crippen molar-refractivity contribution in [3.63, 3.8) is 0 Å². The molecule has 1 aromatic heterocycles. The van der Waals surface area contributed by atoms with Gasteiger partial charge in [-0.25, -0.2) is 4.98 Å². The van der Waals surface area contributed by atoms with Gasteiger partial charge in [-0.05, 0) is 37.5 Å². The molecular formula is C22H27ClN4O2. The maximum Gasteiger partial charge on any atom is 0.257 e. The number of nitrogens with zero attached hydrogens (tertiary/aromatic N) is 3. The Kier molecular flexibility index (Phi) is 6.64. The molecule has 3 rings (SSSR count). The van der Waals surface area contributed by atoms with Gasteiger partial charge in [-0.3, -0.25) is 4.79 Å². The Labute approximate surface area is 177 Å². The highest BCUT2D eigenvalue weighted by atomic mass is 35.5. The lowest BCUT2D eigenvalue weighted by atomic mass is 10.0. The number of hydrogen-bond donors (Lipinski definition) is 1. The first kappa shape index (κ1) is 21.0. The van der Waals surface area contributed by atoms with Gasteiger partial charge in [0.15, 0.2) is 0 Å². The number of pyridine rings is 1. The fraction of sp³-hybridized carbons (Fsp3) is 0.364. The van der Waals surface area contributed by atoms with Crippen molar-refractivity contribution < 1.29 is 9.53 Å². The highest BCUT2D eigenvalue weighted by Crippen LogP contribution is 2.34. The normalized spacial score (nSPS) is 13.7. The molecule has 1 amide bonds. The van der Waals surface area contributed by atoms with Gasteiger partial charge in [0.1, 0.15) is 11.6 Å². The zero-order valence-corrected chi connectivity index (χ0v) is 17.9. The second-order valence-corrected chi connectivity index (χ2v) is 7.62. The molecule has 6 nitrogen and oxygen atoms in total. The first-order valence-corrected chi connectivity index (χ1v) is 10.1. The molecule has 0 spiro atoms. The molecule has 1 saturated heterocycles. The molecule has 0 saturated carbocycles. The minimum Gasteiger partial charge on any atom is -0.495 e.